The highest BCUT2D eigenvalue weighted by Crippen LogP contribution is 2.21. The van der Waals surface area contributed by atoms with E-state index in [1.165, 1.54) is 11.8 Å². The molecule has 2 N–H and O–H groups in total. The molecule has 8 heteroatoms. The third-order valence-electron chi connectivity index (χ3n) is 4.43. The molecule has 8 nitrogen and oxygen atoms in total. The van der Waals surface area contributed by atoms with Crippen molar-refractivity contribution in [3.8, 4) is 0 Å². The van der Waals surface area contributed by atoms with E-state index in [-0.39, 0.29) is 12.0 Å². The van der Waals surface area contributed by atoms with Gasteiger partial charge in [0, 0.05) is 45.2 Å². The van der Waals surface area contributed by atoms with Gasteiger partial charge in [-0.3, -0.25) is 4.79 Å². The fourth-order valence-corrected chi connectivity index (χ4v) is 2.99. The predicted molar refractivity (Wildman–Crippen MR) is 93.0 cm³/mol. The lowest BCUT2D eigenvalue weighted by Crippen LogP contribution is -2.48. The number of piperazine rings is 1. The van der Waals surface area contributed by atoms with Crippen LogP contribution in [0.25, 0.3) is 0 Å². The Morgan fingerprint density at radius 2 is 1.92 bits per heavy atom. The van der Waals surface area contributed by atoms with Crippen molar-refractivity contribution in [1.29, 1.82) is 0 Å². The molecule has 0 aliphatic carbocycles. The van der Waals surface area contributed by atoms with Crippen molar-refractivity contribution in [3.05, 3.63) is 29.8 Å². The molecule has 1 unspecified atom stereocenters. The summed E-state index contributed by atoms with van der Waals surface area (Å²) >= 11 is 0. The highest BCUT2D eigenvalue weighted by Gasteiger charge is 2.23. The fourth-order valence-electron chi connectivity index (χ4n) is 2.99. The first-order chi connectivity index (χ1) is 12.0. The summed E-state index contributed by atoms with van der Waals surface area (Å²) in [5.41, 5.74) is 2.94. The molecule has 2 amide bonds. The SMILES string of the molecule is CC(=O)NCC1CC(c2ccc(N3CCN(C(=O)O)CC3)cc2)=NO1. The number of hydrogen-bond donors (Lipinski definition) is 2. The van der Waals surface area contributed by atoms with Crippen LogP contribution in [-0.2, 0) is 9.63 Å². The van der Waals surface area contributed by atoms with E-state index >= 15 is 0 Å². The Morgan fingerprint density at radius 3 is 2.52 bits per heavy atom. The van der Waals surface area contributed by atoms with Crippen LogP contribution in [0.5, 0.6) is 0 Å². The second-order valence-electron chi connectivity index (χ2n) is 6.21. The molecule has 0 saturated carbocycles. The lowest BCUT2D eigenvalue weighted by molar-refractivity contribution is -0.119. The van der Waals surface area contributed by atoms with Gasteiger partial charge in [0.1, 0.15) is 6.10 Å². The van der Waals surface area contributed by atoms with Crippen molar-refractivity contribution in [1.82, 2.24) is 10.2 Å². The Balaban J connectivity index is 1.55. The number of carboxylic acid groups (broad SMARTS) is 1. The molecule has 0 spiro atoms. The molecule has 3 rings (SSSR count). The van der Waals surface area contributed by atoms with E-state index in [9.17, 15) is 9.59 Å². The summed E-state index contributed by atoms with van der Waals surface area (Å²) in [5.74, 6) is -0.0793. The van der Waals surface area contributed by atoms with Crippen molar-refractivity contribution in [2.75, 3.05) is 37.6 Å². The molecule has 1 aromatic carbocycles. The van der Waals surface area contributed by atoms with Gasteiger partial charge in [0.25, 0.3) is 0 Å². The van der Waals surface area contributed by atoms with E-state index < -0.39 is 6.09 Å². The van der Waals surface area contributed by atoms with Crippen molar-refractivity contribution in [2.24, 2.45) is 5.16 Å². The molecule has 2 heterocycles. The Hall–Kier alpha value is -2.77. The van der Waals surface area contributed by atoms with Gasteiger partial charge in [-0.15, -0.1) is 0 Å². The average molecular weight is 346 g/mol. The van der Waals surface area contributed by atoms with Crippen molar-refractivity contribution < 1.29 is 19.5 Å². The molecule has 25 heavy (non-hydrogen) atoms. The van der Waals surface area contributed by atoms with Gasteiger partial charge in [0.2, 0.25) is 5.91 Å². The zero-order valence-corrected chi connectivity index (χ0v) is 14.1. The molecule has 1 atom stereocenters. The minimum Gasteiger partial charge on any atom is -0.465 e. The molecular formula is C17H22N4O4. The second-order valence-corrected chi connectivity index (χ2v) is 6.21. The number of carbonyl (C=O) groups excluding carboxylic acids is 1. The van der Waals surface area contributed by atoms with Crippen molar-refractivity contribution in [2.45, 2.75) is 19.4 Å². The van der Waals surface area contributed by atoms with Crippen LogP contribution < -0.4 is 10.2 Å². The predicted octanol–water partition coefficient (Wildman–Crippen LogP) is 1.12. The van der Waals surface area contributed by atoms with Gasteiger partial charge in [-0.1, -0.05) is 17.3 Å². The van der Waals surface area contributed by atoms with Crippen LogP contribution in [0.2, 0.25) is 0 Å². The van der Waals surface area contributed by atoms with Gasteiger partial charge >= 0.3 is 6.09 Å². The summed E-state index contributed by atoms with van der Waals surface area (Å²) in [6.07, 6.45) is -0.317. The van der Waals surface area contributed by atoms with E-state index in [4.69, 9.17) is 9.94 Å². The Labute approximate surface area is 146 Å². The first kappa shape index (κ1) is 17.1. The van der Waals surface area contributed by atoms with Gasteiger partial charge in [-0.2, -0.15) is 0 Å². The third-order valence-corrected chi connectivity index (χ3v) is 4.43. The second kappa shape index (κ2) is 7.42. The summed E-state index contributed by atoms with van der Waals surface area (Å²) in [4.78, 5) is 30.9. The lowest BCUT2D eigenvalue weighted by atomic mass is 10.0. The van der Waals surface area contributed by atoms with E-state index in [1.54, 1.807) is 0 Å². The van der Waals surface area contributed by atoms with Gasteiger partial charge < -0.3 is 25.1 Å². The minimum absolute atomic E-state index is 0.0793. The van der Waals surface area contributed by atoms with Crippen molar-refractivity contribution in [3.63, 3.8) is 0 Å². The number of hydrogen-bond acceptors (Lipinski definition) is 5. The maximum Gasteiger partial charge on any atom is 0.407 e. The summed E-state index contributed by atoms with van der Waals surface area (Å²) in [6, 6.07) is 8.05. The molecule has 0 aromatic heterocycles. The first-order valence-corrected chi connectivity index (χ1v) is 8.33. The van der Waals surface area contributed by atoms with Gasteiger partial charge in [-0.25, -0.2) is 4.79 Å². The molecule has 0 radical (unpaired) electrons. The van der Waals surface area contributed by atoms with Crippen LogP contribution in [0.1, 0.15) is 18.9 Å². The van der Waals surface area contributed by atoms with Crippen LogP contribution in [-0.4, -0.2) is 66.5 Å². The smallest absolute Gasteiger partial charge is 0.407 e. The summed E-state index contributed by atoms with van der Waals surface area (Å²) < 4.78 is 0. The van der Waals surface area contributed by atoms with Crippen LogP contribution in [0.15, 0.2) is 29.4 Å². The maximum atomic E-state index is 11.0. The van der Waals surface area contributed by atoms with Gasteiger partial charge in [0.15, 0.2) is 0 Å². The first-order valence-electron chi connectivity index (χ1n) is 8.33. The number of oxime groups is 1. The fraction of sp³-hybridized carbons (Fsp3) is 0.471. The monoisotopic (exact) mass is 346 g/mol. The number of benzene rings is 1. The molecule has 2 aliphatic heterocycles. The Bertz CT molecular complexity index is 666. The largest absolute Gasteiger partial charge is 0.465 e. The highest BCUT2D eigenvalue weighted by molar-refractivity contribution is 6.01. The van der Waals surface area contributed by atoms with E-state index in [0.29, 0.717) is 39.1 Å². The maximum absolute atomic E-state index is 11.0. The number of rotatable bonds is 4. The minimum atomic E-state index is -0.858. The molecule has 134 valence electrons. The van der Waals surface area contributed by atoms with Gasteiger partial charge in [0.05, 0.1) is 12.3 Å². The van der Waals surface area contributed by atoms with Crippen LogP contribution in [0.3, 0.4) is 0 Å². The lowest BCUT2D eigenvalue weighted by Gasteiger charge is -2.34. The highest BCUT2D eigenvalue weighted by atomic mass is 16.6. The molecule has 0 bridgehead atoms. The van der Waals surface area contributed by atoms with E-state index in [1.807, 2.05) is 24.3 Å². The zero-order chi connectivity index (χ0) is 17.8. The summed E-state index contributed by atoms with van der Waals surface area (Å²) in [5, 5.41) is 15.9. The Kier molecular flexibility index (Phi) is 5.06. The Morgan fingerprint density at radius 1 is 1.24 bits per heavy atom. The molecule has 2 aliphatic rings. The average Bonchev–Trinajstić information content (AvgIpc) is 3.09. The standard InChI is InChI=1S/C17H22N4O4/c1-12(22)18-11-15-10-16(19-25-15)13-2-4-14(5-3-13)20-6-8-21(9-7-20)17(23)24/h2-5,15H,6-11H2,1H3,(H,18,22)(H,23,24). The van der Waals surface area contributed by atoms with E-state index in [0.717, 1.165) is 17.0 Å². The zero-order valence-electron chi connectivity index (χ0n) is 14.1. The van der Waals surface area contributed by atoms with Gasteiger partial charge in [-0.05, 0) is 17.7 Å². The number of anilines is 1. The molecular weight excluding hydrogens is 324 g/mol. The molecule has 1 fully saturated rings. The molecule has 1 saturated heterocycles. The summed E-state index contributed by atoms with van der Waals surface area (Å²) in [7, 11) is 0. The van der Waals surface area contributed by atoms with Crippen LogP contribution in [0.4, 0.5) is 10.5 Å². The number of nitrogens with one attached hydrogen (secondary N) is 1. The van der Waals surface area contributed by atoms with Crippen LogP contribution in [0, 0.1) is 0 Å². The van der Waals surface area contributed by atoms with E-state index in [2.05, 4.69) is 15.4 Å². The number of nitrogens with zero attached hydrogens (tertiary/aromatic N) is 3. The third kappa shape index (κ3) is 4.20. The number of amides is 2. The summed E-state index contributed by atoms with van der Waals surface area (Å²) in [6.45, 7) is 4.34. The van der Waals surface area contributed by atoms with Crippen LogP contribution >= 0.6 is 0 Å². The van der Waals surface area contributed by atoms with Crippen molar-refractivity contribution >= 4 is 23.4 Å². The normalized spacial score (nSPS) is 20.0. The quantitative estimate of drug-likeness (QED) is 0.852. The topological polar surface area (TPSA) is 94.5 Å². The molecule has 1 aromatic rings. The number of carbonyl (C=O) groups is 2.